The Labute approximate surface area is 154 Å². The molecular weight excluding hydrogens is 381 g/mol. The van der Waals surface area contributed by atoms with Gasteiger partial charge in [0.25, 0.3) is 0 Å². The number of halogens is 3. The summed E-state index contributed by atoms with van der Waals surface area (Å²) in [6.45, 7) is 1.60. The van der Waals surface area contributed by atoms with E-state index in [1.165, 1.54) is 37.4 Å². The van der Waals surface area contributed by atoms with E-state index in [0.29, 0.717) is 16.8 Å². The first-order chi connectivity index (χ1) is 12.5. The molecule has 3 rings (SSSR count). The number of anilines is 1. The van der Waals surface area contributed by atoms with Crippen LogP contribution in [0.5, 0.6) is 0 Å². The van der Waals surface area contributed by atoms with E-state index in [2.05, 4.69) is 5.32 Å². The molecule has 144 valence electrons. The van der Waals surface area contributed by atoms with Crippen LogP contribution in [0.15, 0.2) is 47.4 Å². The molecule has 9 heteroatoms. The summed E-state index contributed by atoms with van der Waals surface area (Å²) in [7, 11) is -2.51. The summed E-state index contributed by atoms with van der Waals surface area (Å²) < 4.78 is 64.5. The van der Waals surface area contributed by atoms with Gasteiger partial charge in [0, 0.05) is 19.3 Å². The zero-order chi connectivity index (χ0) is 20.0. The normalized spacial score (nSPS) is 17.1. The van der Waals surface area contributed by atoms with Crippen LogP contribution in [0.2, 0.25) is 0 Å². The molecule has 27 heavy (non-hydrogen) atoms. The molecule has 0 aliphatic carbocycles. The number of carbonyl (C=O) groups is 1. The average molecular weight is 398 g/mol. The Kier molecular flexibility index (Phi) is 4.77. The molecule has 1 heterocycles. The lowest BCUT2D eigenvalue weighted by Gasteiger charge is -2.18. The number of nitrogens with zero attached hydrogens (tertiary/aromatic N) is 1. The predicted octanol–water partition coefficient (Wildman–Crippen LogP) is 3.58. The number of sulfonamides is 1. The monoisotopic (exact) mass is 398 g/mol. The van der Waals surface area contributed by atoms with Crippen LogP contribution in [-0.4, -0.2) is 25.7 Å². The summed E-state index contributed by atoms with van der Waals surface area (Å²) in [4.78, 5) is 11.7. The minimum atomic E-state index is -4.44. The number of benzene rings is 2. The predicted molar refractivity (Wildman–Crippen MR) is 93.6 cm³/mol. The highest BCUT2D eigenvalue weighted by molar-refractivity contribution is 7.89. The molecule has 0 spiro atoms. The minimum Gasteiger partial charge on any atom is -0.325 e. The van der Waals surface area contributed by atoms with Crippen molar-refractivity contribution in [1.82, 2.24) is 4.31 Å². The van der Waals surface area contributed by atoms with Gasteiger partial charge in [0.05, 0.1) is 16.4 Å². The van der Waals surface area contributed by atoms with Crippen LogP contribution in [-0.2, 0) is 27.5 Å². The first kappa shape index (κ1) is 19.4. The van der Waals surface area contributed by atoms with E-state index in [4.69, 9.17) is 0 Å². The Morgan fingerprint density at radius 2 is 1.74 bits per heavy atom. The van der Waals surface area contributed by atoms with Crippen molar-refractivity contribution in [2.24, 2.45) is 0 Å². The molecule has 2 aromatic rings. The second-order valence-electron chi connectivity index (χ2n) is 6.42. The highest BCUT2D eigenvalue weighted by atomic mass is 32.2. The van der Waals surface area contributed by atoms with E-state index in [1.54, 1.807) is 6.92 Å². The smallest absolute Gasteiger partial charge is 0.325 e. The van der Waals surface area contributed by atoms with Gasteiger partial charge in [-0.3, -0.25) is 4.79 Å². The second-order valence-corrected chi connectivity index (χ2v) is 8.46. The van der Waals surface area contributed by atoms with Crippen LogP contribution in [0.1, 0.15) is 29.5 Å². The summed E-state index contributed by atoms with van der Waals surface area (Å²) in [6.07, 6.45) is -4.44. The molecule has 1 atom stereocenters. The maximum Gasteiger partial charge on any atom is 0.416 e. The fourth-order valence-electron chi connectivity index (χ4n) is 2.88. The van der Waals surface area contributed by atoms with Crippen LogP contribution < -0.4 is 5.32 Å². The van der Waals surface area contributed by atoms with Crippen LogP contribution in [0, 0.1) is 0 Å². The Morgan fingerprint density at radius 3 is 2.33 bits per heavy atom. The van der Waals surface area contributed by atoms with Gasteiger partial charge in [-0.2, -0.15) is 17.5 Å². The van der Waals surface area contributed by atoms with E-state index < -0.39 is 27.7 Å². The van der Waals surface area contributed by atoms with Crippen molar-refractivity contribution in [1.29, 1.82) is 0 Å². The lowest BCUT2D eigenvalue weighted by molar-refractivity contribution is -0.137. The van der Waals surface area contributed by atoms with Crippen molar-refractivity contribution in [2.45, 2.75) is 30.5 Å². The molecule has 0 fully saturated rings. The van der Waals surface area contributed by atoms with E-state index >= 15 is 0 Å². The zero-order valence-corrected chi connectivity index (χ0v) is 15.4. The van der Waals surface area contributed by atoms with E-state index in [1.807, 2.05) is 0 Å². The lowest BCUT2D eigenvalue weighted by atomic mass is 10.0. The van der Waals surface area contributed by atoms with Gasteiger partial charge in [-0.25, -0.2) is 8.42 Å². The Hall–Kier alpha value is -2.39. The van der Waals surface area contributed by atoms with E-state index in [0.717, 1.165) is 16.4 Å². The molecule has 1 aliphatic heterocycles. The Balaban J connectivity index is 1.82. The SMILES string of the molecule is C[C@@H]1C(=O)Nc2ccc(S(=O)(=O)N(C)Cc3ccc(C(F)(F)F)cc3)cc21. The molecule has 0 bridgehead atoms. The summed E-state index contributed by atoms with van der Waals surface area (Å²) >= 11 is 0. The molecule has 5 nitrogen and oxygen atoms in total. The molecule has 0 saturated heterocycles. The number of carbonyl (C=O) groups excluding carboxylic acids is 1. The molecule has 0 saturated carbocycles. The van der Waals surface area contributed by atoms with Gasteiger partial charge >= 0.3 is 6.18 Å². The van der Waals surface area contributed by atoms with Crippen molar-refractivity contribution in [3.63, 3.8) is 0 Å². The molecule has 2 aromatic carbocycles. The van der Waals surface area contributed by atoms with Gasteiger partial charge in [-0.1, -0.05) is 12.1 Å². The average Bonchev–Trinajstić information content (AvgIpc) is 2.88. The minimum absolute atomic E-state index is 0.0269. The van der Waals surface area contributed by atoms with Crippen LogP contribution in [0.3, 0.4) is 0 Å². The van der Waals surface area contributed by atoms with Gasteiger partial charge in [0.2, 0.25) is 15.9 Å². The number of rotatable bonds is 4. The third kappa shape index (κ3) is 3.70. The van der Waals surface area contributed by atoms with Crippen molar-refractivity contribution >= 4 is 21.6 Å². The van der Waals surface area contributed by atoms with E-state index in [9.17, 15) is 26.4 Å². The van der Waals surface area contributed by atoms with E-state index in [-0.39, 0.29) is 17.3 Å². The molecule has 1 amide bonds. The Morgan fingerprint density at radius 1 is 1.11 bits per heavy atom. The summed E-state index contributed by atoms with van der Waals surface area (Å²) in [5.41, 5.74) is 0.822. The molecule has 1 N–H and O–H groups in total. The number of hydrogen-bond acceptors (Lipinski definition) is 3. The number of fused-ring (bicyclic) bond motifs is 1. The number of hydrogen-bond donors (Lipinski definition) is 1. The fraction of sp³-hybridized carbons (Fsp3) is 0.278. The van der Waals surface area contributed by atoms with Gasteiger partial charge < -0.3 is 5.32 Å². The van der Waals surface area contributed by atoms with Crippen molar-refractivity contribution in [3.8, 4) is 0 Å². The highest BCUT2D eigenvalue weighted by Crippen LogP contribution is 2.34. The fourth-order valence-corrected chi connectivity index (χ4v) is 4.07. The van der Waals surface area contributed by atoms with Crippen LogP contribution in [0.4, 0.5) is 18.9 Å². The van der Waals surface area contributed by atoms with Gasteiger partial charge in [-0.15, -0.1) is 0 Å². The van der Waals surface area contributed by atoms with Crippen molar-refractivity contribution in [3.05, 3.63) is 59.2 Å². The third-order valence-electron chi connectivity index (χ3n) is 4.54. The van der Waals surface area contributed by atoms with Crippen molar-refractivity contribution in [2.75, 3.05) is 12.4 Å². The Bertz CT molecular complexity index is 986. The number of alkyl halides is 3. The summed E-state index contributed by atoms with van der Waals surface area (Å²) in [6, 6.07) is 8.74. The summed E-state index contributed by atoms with van der Waals surface area (Å²) in [5, 5.41) is 2.67. The molecule has 0 aromatic heterocycles. The second kappa shape index (κ2) is 6.65. The number of nitrogens with one attached hydrogen (secondary N) is 1. The van der Waals surface area contributed by atoms with Crippen LogP contribution >= 0.6 is 0 Å². The molecule has 1 aliphatic rings. The number of amides is 1. The molecule has 0 radical (unpaired) electrons. The largest absolute Gasteiger partial charge is 0.416 e. The van der Waals surface area contributed by atoms with Gasteiger partial charge in [-0.05, 0) is 48.4 Å². The molecule has 0 unspecified atom stereocenters. The maximum absolute atomic E-state index is 12.8. The standard InChI is InChI=1S/C18H17F3N2O3S/c1-11-15-9-14(7-8-16(15)22-17(11)24)27(25,26)23(2)10-12-3-5-13(6-4-12)18(19,20)21/h3-9,11H,10H2,1-2H3,(H,22,24)/t11-/m0/s1. The topological polar surface area (TPSA) is 66.5 Å². The van der Waals surface area contributed by atoms with Crippen molar-refractivity contribution < 1.29 is 26.4 Å². The van der Waals surface area contributed by atoms with Crippen LogP contribution in [0.25, 0.3) is 0 Å². The highest BCUT2D eigenvalue weighted by Gasteiger charge is 2.31. The summed E-state index contributed by atoms with van der Waals surface area (Å²) in [5.74, 6) is -0.645. The zero-order valence-electron chi connectivity index (χ0n) is 14.5. The maximum atomic E-state index is 12.8. The lowest BCUT2D eigenvalue weighted by Crippen LogP contribution is -2.26. The molecular formula is C18H17F3N2O3S. The third-order valence-corrected chi connectivity index (χ3v) is 6.33. The quantitative estimate of drug-likeness (QED) is 0.856. The first-order valence-corrected chi connectivity index (χ1v) is 9.51. The van der Waals surface area contributed by atoms with Gasteiger partial charge in [0.15, 0.2) is 0 Å². The first-order valence-electron chi connectivity index (χ1n) is 8.07. The van der Waals surface area contributed by atoms with Gasteiger partial charge in [0.1, 0.15) is 0 Å².